The van der Waals surface area contributed by atoms with E-state index in [9.17, 15) is 15.0 Å². The number of rotatable bonds is 6. The first-order valence-electron chi connectivity index (χ1n) is 7.37. The predicted octanol–water partition coefficient (Wildman–Crippen LogP) is 5.41. The number of aliphatic hydroxyl groups excluding tert-OH is 1. The van der Waals surface area contributed by atoms with Crippen LogP contribution < -0.4 is 5.32 Å². The van der Waals surface area contributed by atoms with Gasteiger partial charge in [0, 0.05) is 16.6 Å². The lowest BCUT2D eigenvalue weighted by Gasteiger charge is -2.04. The lowest BCUT2D eigenvalue weighted by Crippen LogP contribution is -1.95. The molecule has 0 atom stereocenters. The number of aromatic nitrogens is 1. The lowest BCUT2D eigenvalue weighted by molar-refractivity contribution is 0.0701. The summed E-state index contributed by atoms with van der Waals surface area (Å²) in [5, 5.41) is 24.5. The monoisotopic (exact) mass is 472 g/mol. The fraction of sp³-hybridized carbons (Fsp3) is 0.176. The molecule has 0 bridgehead atoms. The zero-order chi connectivity index (χ0) is 18.0. The van der Waals surface area contributed by atoms with Gasteiger partial charge in [-0.05, 0) is 36.4 Å². The molecule has 9 heteroatoms. The van der Waals surface area contributed by atoms with Crippen LogP contribution in [0.4, 0.5) is 10.8 Å². The number of carbonyl (C=O) groups is 1. The zero-order valence-electron chi connectivity index (χ0n) is 14.0. The Morgan fingerprint density at radius 1 is 1.38 bits per heavy atom. The Bertz CT molecular complexity index is 924. The number of nitrogens with zero attached hydrogens (tertiary/aromatic N) is 1. The van der Waals surface area contributed by atoms with Gasteiger partial charge in [0.25, 0.3) is 0 Å². The van der Waals surface area contributed by atoms with Gasteiger partial charge in [0.2, 0.25) is 0 Å². The number of aromatic carboxylic acids is 1. The molecule has 1 aromatic carbocycles. The van der Waals surface area contributed by atoms with Crippen LogP contribution >= 0.6 is 51.4 Å². The van der Waals surface area contributed by atoms with Crippen LogP contribution in [0.1, 0.15) is 20.8 Å². The van der Waals surface area contributed by atoms with Gasteiger partial charge in [0.1, 0.15) is 4.88 Å². The van der Waals surface area contributed by atoms with Crippen LogP contribution in [0.3, 0.4) is 0 Å². The molecule has 2 aromatic heterocycles. The molecular weight excluding hydrogens is 456 g/mol. The van der Waals surface area contributed by atoms with Crippen molar-refractivity contribution in [2.45, 2.75) is 17.7 Å². The SMILES string of the molecule is Br.CSc1sc(C(=O)O)c(C)c1-c1csc(Nc2cccc(CO)c2)n1. The first kappa shape index (κ1) is 20.9. The Hall–Kier alpha value is -1.39. The van der Waals surface area contributed by atoms with Gasteiger partial charge in [0.05, 0.1) is 16.5 Å². The summed E-state index contributed by atoms with van der Waals surface area (Å²) >= 11 is 4.28. The Morgan fingerprint density at radius 2 is 2.15 bits per heavy atom. The van der Waals surface area contributed by atoms with Gasteiger partial charge in [-0.1, -0.05) is 12.1 Å². The van der Waals surface area contributed by atoms with E-state index in [1.54, 1.807) is 0 Å². The molecule has 0 spiro atoms. The van der Waals surface area contributed by atoms with Crippen molar-refractivity contribution in [3.63, 3.8) is 0 Å². The van der Waals surface area contributed by atoms with Gasteiger partial charge in [-0.25, -0.2) is 9.78 Å². The molecule has 0 unspecified atom stereocenters. The van der Waals surface area contributed by atoms with E-state index in [1.165, 1.54) is 34.4 Å². The number of aliphatic hydroxyl groups is 1. The van der Waals surface area contributed by atoms with Crippen molar-refractivity contribution in [3.05, 3.63) is 45.6 Å². The second kappa shape index (κ2) is 9.01. The maximum absolute atomic E-state index is 11.4. The fourth-order valence-corrected chi connectivity index (χ4v) is 5.10. The summed E-state index contributed by atoms with van der Waals surface area (Å²) in [6.45, 7) is 1.81. The Labute approximate surface area is 173 Å². The van der Waals surface area contributed by atoms with Crippen LogP contribution in [0.5, 0.6) is 0 Å². The standard InChI is InChI=1S/C17H16N2O3S3.BrH/c1-9-13(16(23-2)25-14(9)15(21)22)12-8-24-17(19-12)18-11-5-3-4-10(6-11)7-20;/h3-6,8,20H,7H2,1-2H3,(H,18,19)(H,21,22);1H. The summed E-state index contributed by atoms with van der Waals surface area (Å²) in [6.07, 6.45) is 1.94. The average molecular weight is 473 g/mol. The van der Waals surface area contributed by atoms with Gasteiger partial charge in [-0.15, -0.1) is 51.4 Å². The number of benzene rings is 1. The van der Waals surface area contributed by atoms with Crippen molar-refractivity contribution in [3.8, 4) is 11.3 Å². The molecule has 26 heavy (non-hydrogen) atoms. The Kier molecular flexibility index (Phi) is 7.24. The predicted molar refractivity (Wildman–Crippen MR) is 115 cm³/mol. The normalized spacial score (nSPS) is 10.4. The maximum Gasteiger partial charge on any atom is 0.346 e. The minimum absolute atomic E-state index is 0. The number of carboxylic acid groups (broad SMARTS) is 1. The highest BCUT2D eigenvalue weighted by molar-refractivity contribution is 8.93. The molecule has 0 saturated carbocycles. The fourth-order valence-electron chi connectivity index (χ4n) is 2.45. The number of carboxylic acids is 1. The van der Waals surface area contributed by atoms with Crippen molar-refractivity contribution in [2.24, 2.45) is 0 Å². The Balaban J connectivity index is 0.00000243. The van der Waals surface area contributed by atoms with E-state index in [1.807, 2.05) is 42.8 Å². The first-order chi connectivity index (χ1) is 12.0. The molecule has 0 saturated heterocycles. The smallest absolute Gasteiger partial charge is 0.346 e. The minimum Gasteiger partial charge on any atom is -0.477 e. The first-order valence-corrected chi connectivity index (χ1v) is 10.3. The summed E-state index contributed by atoms with van der Waals surface area (Å²) in [7, 11) is 0. The van der Waals surface area contributed by atoms with Crippen molar-refractivity contribution in [2.75, 3.05) is 11.6 Å². The zero-order valence-corrected chi connectivity index (χ0v) is 18.1. The summed E-state index contributed by atoms with van der Waals surface area (Å²) in [4.78, 5) is 16.4. The maximum atomic E-state index is 11.4. The van der Waals surface area contributed by atoms with Gasteiger partial charge in [0.15, 0.2) is 5.13 Å². The van der Waals surface area contributed by atoms with Gasteiger partial charge >= 0.3 is 5.97 Å². The van der Waals surface area contributed by atoms with Crippen molar-refractivity contribution >= 4 is 68.2 Å². The molecule has 0 aliphatic rings. The summed E-state index contributed by atoms with van der Waals surface area (Å²) in [5.41, 5.74) is 4.10. The highest BCUT2D eigenvalue weighted by Gasteiger charge is 2.22. The molecule has 138 valence electrons. The third-order valence-electron chi connectivity index (χ3n) is 3.62. The quantitative estimate of drug-likeness (QED) is 0.415. The highest BCUT2D eigenvalue weighted by atomic mass is 79.9. The van der Waals surface area contributed by atoms with E-state index < -0.39 is 5.97 Å². The second-order valence-electron chi connectivity index (χ2n) is 5.25. The van der Waals surface area contributed by atoms with E-state index in [2.05, 4.69) is 10.3 Å². The van der Waals surface area contributed by atoms with Crippen LogP contribution in [0, 0.1) is 6.92 Å². The van der Waals surface area contributed by atoms with Crippen LogP contribution in [-0.4, -0.2) is 27.4 Å². The van der Waals surface area contributed by atoms with Crippen LogP contribution in [0.2, 0.25) is 0 Å². The van der Waals surface area contributed by atoms with Gasteiger partial charge < -0.3 is 15.5 Å². The molecule has 3 N–H and O–H groups in total. The minimum atomic E-state index is -0.904. The van der Waals surface area contributed by atoms with Crippen LogP contribution in [0.15, 0.2) is 33.9 Å². The van der Waals surface area contributed by atoms with Gasteiger partial charge in [-0.3, -0.25) is 0 Å². The van der Waals surface area contributed by atoms with E-state index in [0.717, 1.165) is 37.4 Å². The van der Waals surface area contributed by atoms with Crippen molar-refractivity contribution in [1.82, 2.24) is 4.98 Å². The molecule has 3 aromatic rings. The number of nitrogens with one attached hydrogen (secondary N) is 1. The Morgan fingerprint density at radius 3 is 2.81 bits per heavy atom. The van der Waals surface area contributed by atoms with E-state index in [0.29, 0.717) is 4.88 Å². The molecule has 0 aliphatic carbocycles. The highest BCUT2D eigenvalue weighted by Crippen LogP contribution is 2.42. The topological polar surface area (TPSA) is 82.5 Å². The van der Waals surface area contributed by atoms with Crippen molar-refractivity contribution in [1.29, 1.82) is 0 Å². The molecule has 3 rings (SSSR count). The summed E-state index contributed by atoms with van der Waals surface area (Å²) < 4.78 is 0.953. The number of thiophene rings is 1. The molecule has 2 heterocycles. The van der Waals surface area contributed by atoms with Crippen molar-refractivity contribution < 1.29 is 15.0 Å². The number of thioether (sulfide) groups is 1. The largest absolute Gasteiger partial charge is 0.477 e. The number of halogens is 1. The number of thiazole rings is 1. The number of anilines is 2. The van der Waals surface area contributed by atoms with E-state index >= 15 is 0 Å². The summed E-state index contributed by atoms with van der Waals surface area (Å²) in [5.74, 6) is -0.904. The number of hydrogen-bond donors (Lipinski definition) is 3. The second-order valence-corrected chi connectivity index (χ2v) is 8.20. The number of hydrogen-bond acceptors (Lipinski definition) is 7. The van der Waals surface area contributed by atoms with Crippen LogP contribution in [-0.2, 0) is 6.61 Å². The molecule has 0 radical (unpaired) electrons. The molecule has 5 nitrogen and oxygen atoms in total. The third-order valence-corrected chi connectivity index (χ3v) is 6.77. The molecule has 0 amide bonds. The summed E-state index contributed by atoms with van der Waals surface area (Å²) in [6, 6.07) is 7.50. The third kappa shape index (κ3) is 4.29. The van der Waals surface area contributed by atoms with Crippen LogP contribution in [0.25, 0.3) is 11.3 Å². The lowest BCUT2D eigenvalue weighted by atomic mass is 10.1. The molecular formula is C17H17BrN2O3S3. The van der Waals surface area contributed by atoms with Gasteiger partial charge in [-0.2, -0.15) is 0 Å². The molecule has 0 aliphatic heterocycles. The molecule has 0 fully saturated rings. The van der Waals surface area contributed by atoms with E-state index in [4.69, 9.17) is 0 Å². The average Bonchev–Trinajstić information content (AvgIpc) is 3.18. The van der Waals surface area contributed by atoms with E-state index in [-0.39, 0.29) is 23.6 Å².